The Hall–Kier alpha value is -2.09. The van der Waals surface area contributed by atoms with Crippen molar-refractivity contribution in [1.29, 1.82) is 0 Å². The van der Waals surface area contributed by atoms with Crippen molar-refractivity contribution < 1.29 is 23.1 Å². The molecule has 0 radical (unpaired) electrons. The third kappa shape index (κ3) is 6.50. The number of halogens is 2. The van der Waals surface area contributed by atoms with Gasteiger partial charge in [0, 0.05) is 22.0 Å². The van der Waals surface area contributed by atoms with Crippen LogP contribution in [0.4, 0.5) is 0 Å². The zero-order chi connectivity index (χ0) is 27.5. The number of nitrogens with zero attached hydrogens (tertiary/aromatic N) is 1. The van der Waals surface area contributed by atoms with Gasteiger partial charge in [0.25, 0.3) is 0 Å². The Balaban J connectivity index is 2.25. The standard InChI is InChI=1S/C28H35Cl2NO5S/c1-5-18(3)37(35,36)17-23(6-2)31-26(19-10-12-21(29)13-11-19)24(20-8-7-9-22(30)14-20)15-28(4,27(31)34)16-25(32)33/h7-14,18,23-24,26H,5-6,15-17H2,1-4H3,(H,32,33)/t18-,23-,24+,26+,28+/m0/s1. The number of aliphatic carboxylic acids is 1. The fraction of sp³-hybridized carbons (Fsp3) is 0.500. The van der Waals surface area contributed by atoms with Gasteiger partial charge >= 0.3 is 5.97 Å². The van der Waals surface area contributed by atoms with Crippen LogP contribution in [-0.2, 0) is 19.4 Å². The fourth-order valence-electron chi connectivity index (χ4n) is 5.36. The van der Waals surface area contributed by atoms with Crippen LogP contribution >= 0.6 is 23.2 Å². The first-order valence-electron chi connectivity index (χ1n) is 12.6. The summed E-state index contributed by atoms with van der Waals surface area (Å²) < 4.78 is 26.5. The van der Waals surface area contributed by atoms with E-state index < -0.39 is 38.6 Å². The van der Waals surface area contributed by atoms with Gasteiger partial charge in [-0.15, -0.1) is 0 Å². The van der Waals surface area contributed by atoms with E-state index in [0.717, 1.165) is 11.1 Å². The lowest BCUT2D eigenvalue weighted by atomic mass is 9.67. The number of carboxylic acids is 1. The first-order valence-corrected chi connectivity index (χ1v) is 15.1. The largest absolute Gasteiger partial charge is 0.481 e. The summed E-state index contributed by atoms with van der Waals surface area (Å²) in [5, 5.41) is 10.3. The Morgan fingerprint density at radius 3 is 2.27 bits per heavy atom. The summed E-state index contributed by atoms with van der Waals surface area (Å²) >= 11 is 12.5. The van der Waals surface area contributed by atoms with E-state index >= 15 is 0 Å². The van der Waals surface area contributed by atoms with Gasteiger partial charge in [-0.25, -0.2) is 8.42 Å². The Bertz CT molecular complexity index is 1230. The van der Waals surface area contributed by atoms with Gasteiger partial charge in [-0.3, -0.25) is 9.59 Å². The molecule has 0 bridgehead atoms. The normalized spacial score (nSPS) is 24.1. The van der Waals surface area contributed by atoms with Crippen LogP contribution in [-0.4, -0.2) is 47.3 Å². The maximum atomic E-state index is 14.2. The minimum absolute atomic E-state index is 0.195. The van der Waals surface area contributed by atoms with Crippen molar-refractivity contribution in [2.45, 2.75) is 76.6 Å². The van der Waals surface area contributed by atoms with Crippen LogP contribution in [0, 0.1) is 5.41 Å². The molecule has 1 saturated heterocycles. The van der Waals surface area contributed by atoms with E-state index in [-0.39, 0.29) is 30.4 Å². The van der Waals surface area contributed by atoms with E-state index in [1.807, 2.05) is 44.2 Å². The van der Waals surface area contributed by atoms with E-state index in [2.05, 4.69) is 0 Å². The molecule has 2 aromatic carbocycles. The molecule has 0 aromatic heterocycles. The number of carbonyl (C=O) groups is 2. The number of rotatable bonds is 10. The summed E-state index contributed by atoms with van der Waals surface area (Å²) in [5.41, 5.74) is 0.440. The van der Waals surface area contributed by atoms with Crippen LogP contribution in [0.1, 0.15) is 76.5 Å². The molecular weight excluding hydrogens is 533 g/mol. The molecule has 1 fully saturated rings. The van der Waals surface area contributed by atoms with E-state index in [1.165, 1.54) is 0 Å². The van der Waals surface area contributed by atoms with Crippen molar-refractivity contribution in [1.82, 2.24) is 4.90 Å². The van der Waals surface area contributed by atoms with E-state index in [0.29, 0.717) is 22.9 Å². The molecule has 9 heteroatoms. The average Bonchev–Trinajstić information content (AvgIpc) is 2.83. The Morgan fingerprint density at radius 1 is 1.08 bits per heavy atom. The quantitative estimate of drug-likeness (QED) is 0.352. The Labute approximate surface area is 229 Å². The molecule has 1 heterocycles. The molecule has 0 saturated carbocycles. The van der Waals surface area contributed by atoms with Gasteiger partial charge in [-0.2, -0.15) is 0 Å². The highest BCUT2D eigenvalue weighted by Gasteiger charge is 2.52. The van der Waals surface area contributed by atoms with Crippen molar-refractivity contribution in [3.63, 3.8) is 0 Å². The number of carbonyl (C=O) groups excluding carboxylic acids is 1. The summed E-state index contributed by atoms with van der Waals surface area (Å²) in [5.74, 6) is -1.94. The molecule has 6 nitrogen and oxygen atoms in total. The molecule has 1 aliphatic rings. The molecule has 1 amide bonds. The maximum Gasteiger partial charge on any atom is 0.304 e. The van der Waals surface area contributed by atoms with Crippen LogP contribution in [0.5, 0.6) is 0 Å². The maximum absolute atomic E-state index is 14.2. The van der Waals surface area contributed by atoms with Crippen LogP contribution in [0.15, 0.2) is 48.5 Å². The summed E-state index contributed by atoms with van der Waals surface area (Å²) in [6.07, 6.45) is 0.782. The second-order valence-electron chi connectivity index (χ2n) is 10.3. The van der Waals surface area contributed by atoms with Crippen molar-refractivity contribution in [2.24, 2.45) is 5.41 Å². The highest BCUT2D eigenvalue weighted by atomic mass is 35.5. The number of amides is 1. The number of sulfone groups is 1. The second kappa shape index (κ2) is 11.7. The number of piperidine rings is 1. The lowest BCUT2D eigenvalue weighted by Crippen LogP contribution is -2.57. The van der Waals surface area contributed by atoms with E-state index in [4.69, 9.17) is 23.2 Å². The molecule has 0 aliphatic carbocycles. The first-order chi connectivity index (χ1) is 17.3. The van der Waals surface area contributed by atoms with E-state index in [9.17, 15) is 23.1 Å². The zero-order valence-corrected chi connectivity index (χ0v) is 24.0. The lowest BCUT2D eigenvalue weighted by molar-refractivity contribution is -0.160. The van der Waals surface area contributed by atoms with Gasteiger partial charge in [0.05, 0.1) is 28.9 Å². The monoisotopic (exact) mass is 567 g/mol. The second-order valence-corrected chi connectivity index (χ2v) is 13.7. The summed E-state index contributed by atoms with van der Waals surface area (Å²) in [7, 11) is -3.51. The van der Waals surface area contributed by atoms with E-state index in [1.54, 1.807) is 36.9 Å². The molecule has 0 spiro atoms. The molecule has 37 heavy (non-hydrogen) atoms. The summed E-state index contributed by atoms with van der Waals surface area (Å²) in [6.45, 7) is 7.04. The third-order valence-corrected chi connectivity index (χ3v) is 10.5. The molecule has 202 valence electrons. The third-order valence-electron chi connectivity index (χ3n) is 7.61. The van der Waals surface area contributed by atoms with Crippen LogP contribution in [0.2, 0.25) is 10.0 Å². The van der Waals surface area contributed by atoms with Crippen LogP contribution < -0.4 is 0 Å². The lowest BCUT2D eigenvalue weighted by Gasteiger charge is -2.52. The molecule has 0 unspecified atom stereocenters. The van der Waals surface area contributed by atoms with Crippen molar-refractivity contribution in [3.05, 3.63) is 69.7 Å². The van der Waals surface area contributed by atoms with Gasteiger partial charge in [0.1, 0.15) is 0 Å². The minimum Gasteiger partial charge on any atom is -0.481 e. The summed E-state index contributed by atoms with van der Waals surface area (Å²) in [4.78, 5) is 27.8. The van der Waals surface area contributed by atoms with Crippen molar-refractivity contribution in [2.75, 3.05) is 5.75 Å². The molecule has 5 atom stereocenters. The van der Waals surface area contributed by atoms with Gasteiger partial charge < -0.3 is 10.0 Å². The zero-order valence-electron chi connectivity index (χ0n) is 21.7. The van der Waals surface area contributed by atoms with Crippen molar-refractivity contribution in [3.8, 4) is 0 Å². The van der Waals surface area contributed by atoms with Gasteiger partial charge in [-0.05, 0) is 61.6 Å². The van der Waals surface area contributed by atoms with Crippen molar-refractivity contribution >= 4 is 44.9 Å². The van der Waals surface area contributed by atoms with Gasteiger partial charge in [0.2, 0.25) is 5.91 Å². The Kier molecular flexibility index (Phi) is 9.36. The SMILES string of the molecule is CC[C@@H](CS(=O)(=O)[C@@H](C)CC)N1C(=O)[C@@](C)(CC(=O)O)C[C@H](c2cccc(Cl)c2)[C@H]1c1ccc(Cl)cc1. The number of likely N-dealkylation sites (tertiary alicyclic amines) is 1. The molecule has 1 aliphatic heterocycles. The fourth-order valence-corrected chi connectivity index (χ4v) is 7.46. The predicted octanol–water partition coefficient (Wildman–Crippen LogP) is 6.52. The minimum atomic E-state index is -3.51. The topological polar surface area (TPSA) is 91.8 Å². The smallest absolute Gasteiger partial charge is 0.304 e. The molecule has 1 N–H and O–H groups in total. The predicted molar refractivity (Wildman–Crippen MR) is 148 cm³/mol. The first kappa shape index (κ1) is 29.5. The summed E-state index contributed by atoms with van der Waals surface area (Å²) in [6, 6.07) is 13.4. The Morgan fingerprint density at radius 2 is 1.73 bits per heavy atom. The van der Waals surface area contributed by atoms with Gasteiger partial charge in [0.15, 0.2) is 9.84 Å². The van der Waals surface area contributed by atoms with Crippen LogP contribution in [0.25, 0.3) is 0 Å². The number of hydrogen-bond acceptors (Lipinski definition) is 4. The molecule has 3 rings (SSSR count). The molecule has 2 aromatic rings. The number of benzene rings is 2. The van der Waals surface area contributed by atoms with Crippen LogP contribution in [0.3, 0.4) is 0 Å². The highest BCUT2D eigenvalue weighted by molar-refractivity contribution is 7.92. The average molecular weight is 569 g/mol. The highest BCUT2D eigenvalue weighted by Crippen LogP contribution is 2.52. The number of carboxylic acid groups (broad SMARTS) is 1. The molecular formula is C28H35Cl2NO5S. The number of hydrogen-bond donors (Lipinski definition) is 1. The van der Waals surface area contributed by atoms with Gasteiger partial charge in [-0.1, -0.05) is 68.2 Å².